The fourth-order valence-corrected chi connectivity index (χ4v) is 3.53. The Morgan fingerprint density at radius 3 is 2.42 bits per heavy atom. The minimum absolute atomic E-state index is 0.0783. The number of hydrogen-bond donors (Lipinski definition) is 2. The lowest BCUT2D eigenvalue weighted by molar-refractivity contribution is -0.121. The second-order valence-corrected chi connectivity index (χ2v) is 7.77. The van der Waals surface area contributed by atoms with E-state index in [0.717, 1.165) is 17.1 Å². The first kappa shape index (κ1) is 18.2. The van der Waals surface area contributed by atoms with Crippen molar-refractivity contribution in [3.05, 3.63) is 41.3 Å². The maximum Gasteiger partial charge on any atom is 0.247 e. The van der Waals surface area contributed by atoms with Crippen LogP contribution in [0.4, 0.5) is 0 Å². The average Bonchev–Trinajstić information content (AvgIpc) is 3.03. The van der Waals surface area contributed by atoms with Gasteiger partial charge in [-0.1, -0.05) is 0 Å². The lowest BCUT2D eigenvalue weighted by atomic mass is 10.3. The fraction of sp³-hybridized carbons (Fsp3) is 0.267. The summed E-state index contributed by atoms with van der Waals surface area (Å²) in [6, 6.07) is 10.1. The molecule has 1 amide bonds. The Bertz CT molecular complexity index is 784. The van der Waals surface area contributed by atoms with Gasteiger partial charge in [-0.2, -0.15) is 0 Å². The standard InChI is InChI=1S/C15H18N2O5S2/c1-21-11-2-4-12(5-3-11)22-9-8-14(18)17-10-13-6-7-15(23-13)24(16,19)20/h2-7H,8-10H2,1H3,(H,17,18)(H2,16,19,20). The maximum absolute atomic E-state index is 11.8. The zero-order valence-electron chi connectivity index (χ0n) is 13.0. The van der Waals surface area contributed by atoms with Crippen molar-refractivity contribution in [2.24, 2.45) is 5.14 Å². The van der Waals surface area contributed by atoms with E-state index in [1.807, 2.05) is 0 Å². The van der Waals surface area contributed by atoms with Crippen molar-refractivity contribution in [2.75, 3.05) is 13.7 Å². The van der Waals surface area contributed by atoms with Crippen LogP contribution in [0.25, 0.3) is 0 Å². The van der Waals surface area contributed by atoms with Crippen LogP contribution in [0.2, 0.25) is 0 Å². The number of thiophene rings is 1. The van der Waals surface area contributed by atoms with Gasteiger partial charge < -0.3 is 14.8 Å². The summed E-state index contributed by atoms with van der Waals surface area (Å²) in [5.74, 6) is 1.20. The number of nitrogens with two attached hydrogens (primary N) is 1. The van der Waals surface area contributed by atoms with Gasteiger partial charge >= 0.3 is 0 Å². The molecular formula is C15H18N2O5S2. The van der Waals surface area contributed by atoms with E-state index in [2.05, 4.69) is 5.32 Å². The lowest BCUT2D eigenvalue weighted by Gasteiger charge is -2.07. The molecule has 9 heteroatoms. The van der Waals surface area contributed by atoms with Gasteiger partial charge in [0.05, 0.1) is 26.7 Å². The van der Waals surface area contributed by atoms with Gasteiger partial charge in [0, 0.05) is 4.88 Å². The van der Waals surface area contributed by atoms with Crippen LogP contribution < -0.4 is 19.9 Å². The number of carbonyl (C=O) groups excluding carboxylic acids is 1. The largest absolute Gasteiger partial charge is 0.497 e. The molecule has 0 saturated heterocycles. The Hall–Kier alpha value is -2.10. The van der Waals surface area contributed by atoms with E-state index >= 15 is 0 Å². The number of sulfonamides is 1. The van der Waals surface area contributed by atoms with Crippen LogP contribution in [-0.4, -0.2) is 28.0 Å². The second-order valence-electron chi connectivity index (χ2n) is 4.82. The summed E-state index contributed by atoms with van der Waals surface area (Å²) in [4.78, 5) is 12.5. The van der Waals surface area contributed by atoms with Crippen molar-refractivity contribution in [3.63, 3.8) is 0 Å². The highest BCUT2D eigenvalue weighted by atomic mass is 32.2. The number of carbonyl (C=O) groups is 1. The molecule has 0 aliphatic heterocycles. The molecule has 0 aliphatic rings. The minimum Gasteiger partial charge on any atom is -0.497 e. The molecule has 1 aromatic heterocycles. The number of rotatable bonds is 8. The van der Waals surface area contributed by atoms with E-state index in [4.69, 9.17) is 14.6 Å². The molecule has 0 saturated carbocycles. The van der Waals surface area contributed by atoms with Crippen LogP contribution in [0, 0.1) is 0 Å². The Kier molecular flexibility index (Phi) is 6.18. The van der Waals surface area contributed by atoms with Crippen molar-refractivity contribution in [2.45, 2.75) is 17.2 Å². The van der Waals surface area contributed by atoms with E-state index in [1.54, 1.807) is 37.4 Å². The smallest absolute Gasteiger partial charge is 0.247 e. The van der Waals surface area contributed by atoms with Crippen LogP contribution in [0.1, 0.15) is 11.3 Å². The zero-order chi connectivity index (χ0) is 17.6. The van der Waals surface area contributed by atoms with E-state index in [-0.39, 0.29) is 29.7 Å². The third-order valence-corrected chi connectivity index (χ3v) is 5.56. The fourth-order valence-electron chi connectivity index (χ4n) is 1.81. The second kappa shape index (κ2) is 8.13. The summed E-state index contributed by atoms with van der Waals surface area (Å²) in [6.45, 7) is 0.493. The molecule has 0 aliphatic carbocycles. The molecule has 1 aromatic carbocycles. The van der Waals surface area contributed by atoms with Gasteiger partial charge in [0.1, 0.15) is 15.7 Å². The predicted octanol–water partition coefficient (Wildman–Crippen LogP) is 1.49. The van der Waals surface area contributed by atoms with Gasteiger partial charge in [0.2, 0.25) is 15.9 Å². The molecule has 3 N–H and O–H groups in total. The highest BCUT2D eigenvalue weighted by molar-refractivity contribution is 7.91. The summed E-state index contributed by atoms with van der Waals surface area (Å²) >= 11 is 1.04. The van der Waals surface area contributed by atoms with E-state index in [1.165, 1.54) is 6.07 Å². The zero-order valence-corrected chi connectivity index (χ0v) is 14.7. The molecular weight excluding hydrogens is 352 g/mol. The molecule has 0 fully saturated rings. The molecule has 24 heavy (non-hydrogen) atoms. The number of amides is 1. The topological polar surface area (TPSA) is 108 Å². The van der Waals surface area contributed by atoms with Gasteiger partial charge in [-0.25, -0.2) is 13.6 Å². The average molecular weight is 370 g/mol. The van der Waals surface area contributed by atoms with Gasteiger partial charge in [-0.05, 0) is 36.4 Å². The van der Waals surface area contributed by atoms with E-state index in [0.29, 0.717) is 10.6 Å². The quantitative estimate of drug-likeness (QED) is 0.732. The third kappa shape index (κ3) is 5.52. The summed E-state index contributed by atoms with van der Waals surface area (Å²) < 4.78 is 32.9. The molecule has 7 nitrogen and oxygen atoms in total. The van der Waals surface area contributed by atoms with Crippen molar-refractivity contribution < 1.29 is 22.7 Å². The highest BCUT2D eigenvalue weighted by Gasteiger charge is 2.11. The summed E-state index contributed by atoms with van der Waals surface area (Å²) in [6.07, 6.45) is 0.194. The van der Waals surface area contributed by atoms with Crippen molar-refractivity contribution in [1.29, 1.82) is 0 Å². The Morgan fingerprint density at radius 2 is 1.83 bits per heavy atom. The number of nitrogens with one attached hydrogen (secondary N) is 1. The summed E-state index contributed by atoms with van der Waals surface area (Å²) in [5.41, 5.74) is 0. The molecule has 130 valence electrons. The molecule has 0 radical (unpaired) electrons. The van der Waals surface area contributed by atoms with Crippen LogP contribution in [0.5, 0.6) is 11.5 Å². The molecule has 0 unspecified atom stereocenters. The van der Waals surface area contributed by atoms with Gasteiger partial charge in [-0.3, -0.25) is 4.79 Å². The summed E-state index contributed by atoms with van der Waals surface area (Å²) in [7, 11) is -2.11. The Balaban J connectivity index is 1.72. The van der Waals surface area contributed by atoms with Crippen molar-refractivity contribution >= 4 is 27.3 Å². The number of hydrogen-bond acceptors (Lipinski definition) is 6. The molecule has 0 atom stereocenters. The molecule has 1 heterocycles. The van der Waals surface area contributed by atoms with Gasteiger partial charge in [-0.15, -0.1) is 11.3 Å². The molecule has 0 bridgehead atoms. The van der Waals surface area contributed by atoms with Crippen molar-refractivity contribution in [1.82, 2.24) is 5.32 Å². The van der Waals surface area contributed by atoms with E-state index < -0.39 is 10.0 Å². The normalized spacial score (nSPS) is 11.1. The Labute approximate surface area is 144 Å². The van der Waals surface area contributed by atoms with Crippen molar-refractivity contribution in [3.8, 4) is 11.5 Å². The maximum atomic E-state index is 11.8. The first-order chi connectivity index (χ1) is 11.4. The number of primary sulfonamides is 1. The van der Waals surface area contributed by atoms with Gasteiger partial charge in [0.25, 0.3) is 0 Å². The molecule has 2 rings (SSSR count). The highest BCUT2D eigenvalue weighted by Crippen LogP contribution is 2.20. The monoisotopic (exact) mass is 370 g/mol. The summed E-state index contributed by atoms with van der Waals surface area (Å²) in [5, 5.41) is 7.74. The lowest BCUT2D eigenvalue weighted by Crippen LogP contribution is -2.24. The predicted molar refractivity (Wildman–Crippen MR) is 90.6 cm³/mol. The first-order valence-corrected chi connectivity index (χ1v) is 9.40. The number of ether oxygens (including phenoxy) is 2. The van der Waals surface area contributed by atoms with Crippen LogP contribution >= 0.6 is 11.3 Å². The molecule has 0 spiro atoms. The van der Waals surface area contributed by atoms with E-state index in [9.17, 15) is 13.2 Å². The Morgan fingerprint density at radius 1 is 1.17 bits per heavy atom. The third-order valence-electron chi connectivity index (χ3n) is 3.03. The molecule has 2 aromatic rings. The SMILES string of the molecule is COc1ccc(OCCC(=O)NCc2ccc(S(N)(=O)=O)s2)cc1. The van der Waals surface area contributed by atoms with Crippen LogP contribution in [-0.2, 0) is 21.4 Å². The van der Waals surface area contributed by atoms with Gasteiger partial charge in [0.15, 0.2) is 0 Å². The number of benzene rings is 1. The minimum atomic E-state index is -3.69. The van der Waals surface area contributed by atoms with Crippen LogP contribution in [0.15, 0.2) is 40.6 Å². The first-order valence-electron chi connectivity index (χ1n) is 7.03. The number of methoxy groups -OCH3 is 1. The van der Waals surface area contributed by atoms with Crippen LogP contribution in [0.3, 0.4) is 0 Å².